The molecule has 4 N–H and O–H groups in total. The summed E-state index contributed by atoms with van der Waals surface area (Å²) in [5.74, 6) is 2.60. The minimum Gasteiger partial charge on any atom is -0.507 e. The number of fused-ring (bicyclic) bond motifs is 16. The maximum absolute atomic E-state index is 11.0. The number of unbranched alkanes of at least 4 members (excludes halogenated alkanes) is 6. The molecule has 0 aliphatic heterocycles. The van der Waals surface area contributed by atoms with Gasteiger partial charge in [-0.05, 0) is 218 Å². The summed E-state index contributed by atoms with van der Waals surface area (Å²) in [7, 11) is 0. The second kappa shape index (κ2) is 52.8. The summed E-state index contributed by atoms with van der Waals surface area (Å²) in [6.07, 6.45) is 15.9. The van der Waals surface area contributed by atoms with E-state index in [0.717, 1.165) is 101 Å². The number of benzene rings is 16. The van der Waals surface area contributed by atoms with Crippen LogP contribution in [0.25, 0.3) is 132 Å². The van der Waals surface area contributed by atoms with Crippen LogP contribution in [-0.4, -0.2) is 20.4 Å². The van der Waals surface area contributed by atoms with Crippen molar-refractivity contribution < 1.29 is 107 Å². The molecule has 0 heterocycles. The summed E-state index contributed by atoms with van der Waals surface area (Å²) >= 11 is 0. The zero-order chi connectivity index (χ0) is 81.4. The molecule has 20 rings (SSSR count). The molecular weight excluding hydrogens is 1770 g/mol. The largest absolute Gasteiger partial charge is 3.00 e. The Morgan fingerprint density at radius 3 is 0.985 bits per heavy atom. The normalized spacial score (nSPS) is 12.0. The maximum Gasteiger partial charge on any atom is 3.00 e. The molecule has 0 aromatic heterocycles. The van der Waals surface area contributed by atoms with E-state index in [-0.39, 0.29) is 192 Å². The van der Waals surface area contributed by atoms with Gasteiger partial charge in [0.15, 0.2) is 0 Å². The quantitative estimate of drug-likeness (QED) is 0.0392. The Kier molecular flexibility index (Phi) is 48.3. The molecule has 16 aromatic rings. The average molecular weight is 1910 g/mol. The van der Waals surface area contributed by atoms with E-state index in [4.69, 9.17) is 0 Å². The van der Waals surface area contributed by atoms with Gasteiger partial charge < -0.3 is 110 Å². The van der Waals surface area contributed by atoms with Crippen molar-refractivity contribution in [3.63, 3.8) is 0 Å². The molecule has 4 radical (unpaired) electrons. The van der Waals surface area contributed by atoms with Gasteiger partial charge in [-0.25, -0.2) is 0 Å². The molecule has 16 aromatic carbocycles. The zero-order valence-corrected chi connectivity index (χ0v) is 89.9. The van der Waals surface area contributed by atoms with Crippen LogP contribution in [0.1, 0.15) is 177 Å². The smallest absolute Gasteiger partial charge is 0.507 e. The summed E-state index contributed by atoms with van der Waals surface area (Å²) < 4.78 is 0. The topological polar surface area (TPSA) is 80.9 Å². The first-order valence-electron chi connectivity index (χ1n) is 43.3. The van der Waals surface area contributed by atoms with Crippen LogP contribution in [0.4, 0.5) is 0 Å². The summed E-state index contributed by atoms with van der Waals surface area (Å²) in [6.45, 7) is 18.5. The van der Waals surface area contributed by atoms with Crippen LogP contribution in [0.15, 0.2) is 315 Å². The SMILES string of the molecule is CC(C)CC1(CC(C)C)c2ccccc2-c2ccc(-c3c(O)ccc4ccccc34)cc21.CC1(C)c2ccccc2-c2ccc(-c3ccc4ccccc4c3O)cc21.CCCCCCC1(CCCCCC)c2ccccc2-c2ccc(-c3c(O)ccc4ccccc34)cc21.Oc1c(-c2ccc3c(c2)Cc2ccccc2-3)ccc2ccccc12.[CH3-].[CH3-].[CH3-].[CH3-].[CH3-].[CH3-].[CH3-].[CH3-].[CH3-].[CH3-].[CH3-].[CH3-].[Ti+3].[Ti+3].[Ti+3].[Ti+3]. The van der Waals surface area contributed by atoms with Crippen LogP contribution in [0, 0.1) is 101 Å². The van der Waals surface area contributed by atoms with Gasteiger partial charge in [0.05, 0.1) is 0 Å². The first-order valence-corrected chi connectivity index (χ1v) is 43.3. The fraction of sp³-hybridized carbons (Fsp3) is 0.206. The molecule has 134 heavy (non-hydrogen) atoms. The molecule has 0 saturated carbocycles. The minimum absolute atomic E-state index is 0. The van der Waals surface area contributed by atoms with Crippen LogP contribution in [0.5, 0.6) is 23.0 Å². The Morgan fingerprint density at radius 2 is 0.552 bits per heavy atom. The van der Waals surface area contributed by atoms with Crippen molar-refractivity contribution in [3.05, 3.63) is 449 Å². The molecule has 4 nitrogen and oxygen atoms in total. The van der Waals surface area contributed by atoms with Crippen LogP contribution < -0.4 is 0 Å². The summed E-state index contributed by atoms with van der Waals surface area (Å²) in [5.41, 5.74) is 30.2. The van der Waals surface area contributed by atoms with E-state index >= 15 is 0 Å². The van der Waals surface area contributed by atoms with Crippen molar-refractivity contribution in [1.29, 1.82) is 0 Å². The second-order valence-electron chi connectivity index (χ2n) is 35.0. The van der Waals surface area contributed by atoms with E-state index in [0.29, 0.717) is 34.8 Å². The predicted molar refractivity (Wildman–Crippen MR) is 576 cm³/mol. The number of hydrogen-bond donors (Lipinski definition) is 4. The third-order valence-corrected chi connectivity index (χ3v) is 26.2. The van der Waals surface area contributed by atoms with Crippen molar-refractivity contribution in [2.75, 3.05) is 0 Å². The first kappa shape index (κ1) is 123. The van der Waals surface area contributed by atoms with E-state index in [9.17, 15) is 20.4 Å². The number of phenols is 4. The molecular formula is C126H144O4Ti4. The van der Waals surface area contributed by atoms with Crippen molar-refractivity contribution in [2.45, 2.75) is 155 Å². The Bertz CT molecular complexity index is 6450. The molecule has 0 fully saturated rings. The van der Waals surface area contributed by atoms with Crippen molar-refractivity contribution in [1.82, 2.24) is 0 Å². The Labute approximate surface area is 870 Å². The predicted octanol–water partition coefficient (Wildman–Crippen LogP) is 36.7. The number of phenolic OH excluding ortho intramolecular Hbond substituents is 4. The summed E-state index contributed by atoms with van der Waals surface area (Å²) in [5, 5.41) is 52.0. The van der Waals surface area contributed by atoms with E-state index in [1.54, 1.807) is 0 Å². The van der Waals surface area contributed by atoms with Gasteiger partial charge >= 0.3 is 86.9 Å². The third kappa shape index (κ3) is 23.4. The molecule has 688 valence electrons. The number of hydrogen-bond acceptors (Lipinski definition) is 4. The van der Waals surface area contributed by atoms with Gasteiger partial charge in [-0.3, -0.25) is 0 Å². The zero-order valence-electron chi connectivity index (χ0n) is 83.7. The summed E-state index contributed by atoms with van der Waals surface area (Å²) in [4.78, 5) is 0. The number of aromatic hydroxyl groups is 4. The Hall–Kier alpha value is -9.38. The fourth-order valence-electron chi connectivity index (χ4n) is 20.8. The monoisotopic (exact) mass is 1910 g/mol. The van der Waals surface area contributed by atoms with E-state index in [1.165, 1.54) is 159 Å². The van der Waals surface area contributed by atoms with Crippen LogP contribution in [-0.2, 0) is 110 Å². The second-order valence-corrected chi connectivity index (χ2v) is 35.0. The molecule has 4 aliphatic rings. The van der Waals surface area contributed by atoms with Crippen molar-refractivity contribution >= 4 is 43.1 Å². The third-order valence-electron chi connectivity index (χ3n) is 26.2. The van der Waals surface area contributed by atoms with Crippen LogP contribution in [0.2, 0.25) is 0 Å². The molecule has 0 unspecified atom stereocenters. The molecule has 0 atom stereocenters. The summed E-state index contributed by atoms with van der Waals surface area (Å²) in [6, 6.07) is 111. The van der Waals surface area contributed by atoms with Gasteiger partial charge in [0, 0.05) is 49.3 Å². The average Bonchev–Trinajstić information content (AvgIpc) is 1.54. The van der Waals surface area contributed by atoms with Gasteiger partial charge in [0.2, 0.25) is 0 Å². The molecule has 0 bridgehead atoms. The van der Waals surface area contributed by atoms with E-state index in [1.807, 2.05) is 84.9 Å². The van der Waals surface area contributed by atoms with Gasteiger partial charge in [-0.1, -0.05) is 392 Å². The standard InChI is InChI=1S/C35H40O.C31H32O.C25H20O.C23H16O.12CH3.4Ti/c1-3-5-7-13-23-35(24-14-8-6-4-2)31-18-12-11-17-29(31)30-21-19-27(25-32(30)35)34-28-16-10-9-15-26(28)20-22-33(34)36;1-20(2)18-31(19-21(3)4)27-12-8-7-11-25(27)26-15-13-23(17-28(26)31)30-24-10-6-5-9-22(24)14-16-29(30)32;1-25(2)22-10-6-5-9-20(22)21-14-12-17(15-23(21)25)19-13-11-16-7-3-4-8-18(16)24(19)26;24-23-21-8-4-1-5-15(21)9-12-22(23)17-10-11-20-18(14-17)13-16-6-2-3-7-19(16)20;;;;;;;;;;;;;;;;/h9-12,15-22,25,36H,3-8,13-14,23-24H2,1-2H3;5-17,20-21,32H,18-19H2,1-4H3;3-15,26H,1-2H3;1-12,14,24H,13H2;12*1H3;;;;/q;;;;12*-1;4*+3. The van der Waals surface area contributed by atoms with Crippen molar-refractivity contribution in [3.8, 4) is 112 Å². The van der Waals surface area contributed by atoms with E-state index < -0.39 is 0 Å². The minimum atomic E-state index is -0.0333. The Balaban J connectivity index is 0.000000867. The first-order chi connectivity index (χ1) is 57.5. The van der Waals surface area contributed by atoms with E-state index in [2.05, 4.69) is 286 Å². The van der Waals surface area contributed by atoms with Gasteiger partial charge in [-0.2, -0.15) is 0 Å². The number of rotatable bonds is 18. The Morgan fingerprint density at radius 1 is 0.254 bits per heavy atom. The fourth-order valence-corrected chi connectivity index (χ4v) is 20.8. The maximum atomic E-state index is 11.0. The van der Waals surface area contributed by atoms with Gasteiger partial charge in [-0.15, -0.1) is 0 Å². The molecule has 4 aliphatic carbocycles. The van der Waals surface area contributed by atoms with Crippen LogP contribution >= 0.6 is 0 Å². The van der Waals surface area contributed by atoms with Crippen molar-refractivity contribution in [2.24, 2.45) is 11.8 Å². The van der Waals surface area contributed by atoms with Gasteiger partial charge in [0.1, 0.15) is 23.0 Å². The molecule has 0 saturated heterocycles. The van der Waals surface area contributed by atoms with Crippen LogP contribution in [0.3, 0.4) is 0 Å². The molecule has 8 heteroatoms. The molecule has 0 amide bonds. The molecule has 0 spiro atoms. The van der Waals surface area contributed by atoms with Gasteiger partial charge in [0.25, 0.3) is 0 Å².